The highest BCUT2D eigenvalue weighted by atomic mass is 16.5. The minimum Gasteiger partial charge on any atom is -0.467 e. The molecule has 166 valence electrons. The lowest BCUT2D eigenvalue weighted by Gasteiger charge is -2.18. The summed E-state index contributed by atoms with van der Waals surface area (Å²) in [5, 5.41) is 21.4. The number of carbonyl (C=O) groups is 2. The molecule has 0 aromatic heterocycles. The topological polar surface area (TPSA) is 124 Å². The van der Waals surface area contributed by atoms with Gasteiger partial charge in [-0.3, -0.25) is 20.4 Å². The van der Waals surface area contributed by atoms with Gasteiger partial charge in [0.25, 0.3) is 11.8 Å². The lowest BCUT2D eigenvalue weighted by Crippen LogP contribution is -2.29. The number of unbranched alkanes of at least 4 members (excludes halogenated alkanes) is 3. The van der Waals surface area contributed by atoms with Crippen LogP contribution in [0.4, 0.5) is 0 Å². The molecular weight excluding hydrogens is 384 g/mol. The van der Waals surface area contributed by atoms with Crippen LogP contribution in [0.1, 0.15) is 67.2 Å². The van der Waals surface area contributed by atoms with Gasteiger partial charge in [-0.1, -0.05) is 12.8 Å². The molecule has 2 aliphatic heterocycles. The zero-order valence-corrected chi connectivity index (χ0v) is 18.9. The molecule has 2 aliphatic rings. The van der Waals surface area contributed by atoms with E-state index in [1.165, 1.54) is 0 Å². The molecule has 0 aliphatic carbocycles. The molecule has 0 atom stereocenters. The Labute approximate surface area is 178 Å². The van der Waals surface area contributed by atoms with Crippen LogP contribution in [0.15, 0.2) is 22.3 Å². The summed E-state index contributed by atoms with van der Waals surface area (Å²) in [5.74, 6) is -0.660. The normalized spacial score (nSPS) is 19.7. The Hall–Kier alpha value is -2.64. The Kier molecular flexibility index (Phi) is 7.10. The van der Waals surface area contributed by atoms with Crippen LogP contribution < -0.4 is 10.6 Å². The van der Waals surface area contributed by atoms with Crippen molar-refractivity contribution >= 4 is 23.6 Å². The maximum Gasteiger partial charge on any atom is 0.256 e. The SMILES string of the molecule is CC1=C(C(=O)NCCCCCCNC(=O)C2=C(C)C(C)(C)OC2=N)C(=N)OC1(C)C. The molecule has 0 bridgehead atoms. The molecule has 0 aromatic rings. The Bertz CT molecular complexity index is 753. The molecule has 0 spiro atoms. The van der Waals surface area contributed by atoms with E-state index in [9.17, 15) is 9.59 Å². The van der Waals surface area contributed by atoms with Crippen LogP contribution in [0.3, 0.4) is 0 Å². The number of carbonyl (C=O) groups excluding carboxylic acids is 2. The van der Waals surface area contributed by atoms with E-state index in [0.29, 0.717) is 24.2 Å². The molecule has 8 nitrogen and oxygen atoms in total. The number of hydrogen-bond acceptors (Lipinski definition) is 6. The van der Waals surface area contributed by atoms with Gasteiger partial charge in [-0.05, 0) is 65.5 Å². The third-order valence-electron chi connectivity index (χ3n) is 5.85. The summed E-state index contributed by atoms with van der Waals surface area (Å²) in [5.41, 5.74) is 0.989. The van der Waals surface area contributed by atoms with Crippen LogP contribution >= 0.6 is 0 Å². The molecule has 8 heteroatoms. The Morgan fingerprint density at radius 3 is 1.33 bits per heavy atom. The molecule has 0 unspecified atom stereocenters. The lowest BCUT2D eigenvalue weighted by atomic mass is 9.97. The third kappa shape index (κ3) is 5.09. The fourth-order valence-corrected chi connectivity index (χ4v) is 3.44. The van der Waals surface area contributed by atoms with E-state index in [-0.39, 0.29) is 23.6 Å². The first-order valence-corrected chi connectivity index (χ1v) is 10.4. The molecule has 4 N–H and O–H groups in total. The highest BCUT2D eigenvalue weighted by Crippen LogP contribution is 2.32. The fourth-order valence-electron chi connectivity index (χ4n) is 3.44. The molecule has 0 fully saturated rings. The first-order valence-electron chi connectivity index (χ1n) is 10.4. The van der Waals surface area contributed by atoms with Crippen molar-refractivity contribution in [3.8, 4) is 0 Å². The van der Waals surface area contributed by atoms with E-state index < -0.39 is 11.2 Å². The molecule has 0 radical (unpaired) electrons. The van der Waals surface area contributed by atoms with Gasteiger partial charge < -0.3 is 20.1 Å². The predicted octanol–water partition coefficient (Wildman–Crippen LogP) is 2.98. The smallest absolute Gasteiger partial charge is 0.256 e. The molecule has 0 saturated heterocycles. The first kappa shape index (κ1) is 23.6. The fraction of sp³-hybridized carbons (Fsp3) is 0.636. The summed E-state index contributed by atoms with van der Waals surface area (Å²) in [6.07, 6.45) is 3.48. The van der Waals surface area contributed by atoms with Crippen LogP contribution in [-0.4, -0.2) is 47.9 Å². The largest absolute Gasteiger partial charge is 0.467 e. The van der Waals surface area contributed by atoms with E-state index in [1.807, 2.05) is 41.5 Å². The monoisotopic (exact) mass is 418 g/mol. The van der Waals surface area contributed by atoms with Gasteiger partial charge in [0.15, 0.2) is 0 Å². The zero-order chi connectivity index (χ0) is 22.7. The van der Waals surface area contributed by atoms with E-state index in [2.05, 4.69) is 10.6 Å². The summed E-state index contributed by atoms with van der Waals surface area (Å²) in [4.78, 5) is 24.6. The molecule has 2 amide bonds. The Balaban J connectivity index is 1.63. The summed E-state index contributed by atoms with van der Waals surface area (Å²) < 4.78 is 10.9. The van der Waals surface area contributed by atoms with Gasteiger partial charge in [0.1, 0.15) is 22.3 Å². The van der Waals surface area contributed by atoms with Gasteiger partial charge in [-0.2, -0.15) is 0 Å². The zero-order valence-electron chi connectivity index (χ0n) is 18.9. The van der Waals surface area contributed by atoms with Crippen LogP contribution in [0.5, 0.6) is 0 Å². The van der Waals surface area contributed by atoms with E-state index >= 15 is 0 Å². The number of amides is 2. The Morgan fingerprint density at radius 2 is 1.07 bits per heavy atom. The molecule has 0 saturated carbocycles. The average molecular weight is 419 g/mol. The van der Waals surface area contributed by atoms with Crippen molar-refractivity contribution in [2.75, 3.05) is 13.1 Å². The molecule has 2 heterocycles. The molecular formula is C22H34N4O4. The minimum absolute atomic E-state index is 0.0692. The maximum absolute atomic E-state index is 12.3. The summed E-state index contributed by atoms with van der Waals surface area (Å²) in [6, 6.07) is 0. The summed E-state index contributed by atoms with van der Waals surface area (Å²) in [6.45, 7) is 12.1. The van der Waals surface area contributed by atoms with Crippen molar-refractivity contribution in [2.45, 2.75) is 78.4 Å². The number of rotatable bonds is 9. The maximum atomic E-state index is 12.3. The second-order valence-electron chi connectivity index (χ2n) is 8.81. The molecule has 30 heavy (non-hydrogen) atoms. The van der Waals surface area contributed by atoms with Gasteiger partial charge in [0, 0.05) is 13.1 Å². The van der Waals surface area contributed by atoms with E-state index in [1.54, 1.807) is 0 Å². The third-order valence-corrected chi connectivity index (χ3v) is 5.85. The van der Waals surface area contributed by atoms with Crippen molar-refractivity contribution in [2.24, 2.45) is 0 Å². The minimum atomic E-state index is -0.609. The number of nitrogens with one attached hydrogen (secondary N) is 4. The first-order chi connectivity index (χ1) is 13.9. The van der Waals surface area contributed by atoms with Crippen LogP contribution in [0, 0.1) is 10.8 Å². The summed E-state index contributed by atoms with van der Waals surface area (Å²) in [7, 11) is 0. The highest BCUT2D eigenvalue weighted by Gasteiger charge is 2.39. The van der Waals surface area contributed by atoms with E-state index in [4.69, 9.17) is 20.3 Å². The molecule has 2 rings (SSSR count). The van der Waals surface area contributed by atoms with Crippen molar-refractivity contribution in [1.82, 2.24) is 10.6 Å². The van der Waals surface area contributed by atoms with Crippen LogP contribution in [0.25, 0.3) is 0 Å². The summed E-state index contributed by atoms with van der Waals surface area (Å²) >= 11 is 0. The van der Waals surface area contributed by atoms with Gasteiger partial charge >= 0.3 is 0 Å². The van der Waals surface area contributed by atoms with Gasteiger partial charge in [0.2, 0.25) is 11.8 Å². The standard InChI is InChI=1S/C22H34N4O4/c1-13-15(17(23)29-21(13,3)4)19(27)25-11-9-7-8-10-12-26-20(28)16-14(2)22(5,6)30-18(16)24/h23-24H,7-12H2,1-6H3,(H,25,27)(H,26,28). The van der Waals surface area contributed by atoms with Crippen molar-refractivity contribution in [3.63, 3.8) is 0 Å². The second-order valence-corrected chi connectivity index (χ2v) is 8.81. The van der Waals surface area contributed by atoms with Crippen molar-refractivity contribution in [3.05, 3.63) is 22.3 Å². The second kappa shape index (κ2) is 9.02. The van der Waals surface area contributed by atoms with Gasteiger partial charge in [-0.25, -0.2) is 0 Å². The van der Waals surface area contributed by atoms with Gasteiger partial charge in [-0.15, -0.1) is 0 Å². The van der Waals surface area contributed by atoms with Crippen LogP contribution in [0.2, 0.25) is 0 Å². The van der Waals surface area contributed by atoms with E-state index in [0.717, 1.165) is 36.8 Å². The van der Waals surface area contributed by atoms with Gasteiger partial charge in [0.05, 0.1) is 0 Å². The Morgan fingerprint density at radius 1 is 0.733 bits per heavy atom. The molecule has 0 aromatic carbocycles. The lowest BCUT2D eigenvalue weighted by molar-refractivity contribution is -0.117. The average Bonchev–Trinajstić information content (AvgIpc) is 2.96. The van der Waals surface area contributed by atoms with Crippen LogP contribution in [-0.2, 0) is 19.1 Å². The number of ether oxygens (including phenoxy) is 2. The predicted molar refractivity (Wildman–Crippen MR) is 116 cm³/mol. The highest BCUT2D eigenvalue weighted by molar-refractivity contribution is 6.20. The number of hydrogen-bond donors (Lipinski definition) is 4. The van der Waals surface area contributed by atoms with Crippen molar-refractivity contribution < 1.29 is 19.1 Å². The van der Waals surface area contributed by atoms with Crippen molar-refractivity contribution in [1.29, 1.82) is 10.8 Å². The quantitative estimate of drug-likeness (QED) is 0.430.